The number of rotatable bonds is 1. The molecule has 3 amide bonds. The van der Waals surface area contributed by atoms with E-state index in [1.54, 1.807) is 11.9 Å². The van der Waals surface area contributed by atoms with E-state index in [2.05, 4.69) is 0 Å². The van der Waals surface area contributed by atoms with Crippen molar-refractivity contribution in [2.75, 3.05) is 13.6 Å². The number of likely N-dealkylation sites (N-methyl/N-ethyl adjacent to an activating group) is 2. The van der Waals surface area contributed by atoms with E-state index < -0.39 is 5.54 Å². The molecule has 1 saturated heterocycles. The fourth-order valence-electron chi connectivity index (χ4n) is 2.81. The van der Waals surface area contributed by atoms with Crippen molar-refractivity contribution >= 4 is 11.9 Å². The van der Waals surface area contributed by atoms with Crippen molar-refractivity contribution in [3.63, 3.8) is 0 Å². The van der Waals surface area contributed by atoms with E-state index in [9.17, 15) is 9.59 Å². The van der Waals surface area contributed by atoms with Crippen LogP contribution in [-0.2, 0) is 4.79 Å². The number of imide groups is 1. The average Bonchev–Trinajstić information content (AvgIpc) is 2.43. The highest BCUT2D eigenvalue weighted by atomic mass is 16.2. The molecule has 2 fully saturated rings. The number of hydrogen-bond acceptors (Lipinski definition) is 2. The quantitative estimate of drug-likeness (QED) is 0.617. The van der Waals surface area contributed by atoms with Crippen LogP contribution in [0.25, 0.3) is 0 Å². The van der Waals surface area contributed by atoms with Gasteiger partial charge >= 0.3 is 6.03 Å². The van der Waals surface area contributed by atoms with Crippen LogP contribution >= 0.6 is 0 Å². The Morgan fingerprint density at radius 1 is 1.20 bits per heavy atom. The molecule has 0 aromatic carbocycles. The van der Waals surface area contributed by atoms with E-state index in [-0.39, 0.29) is 11.9 Å². The van der Waals surface area contributed by atoms with Crippen molar-refractivity contribution in [2.45, 2.75) is 44.6 Å². The van der Waals surface area contributed by atoms with Crippen LogP contribution in [0.2, 0.25) is 0 Å². The zero-order chi connectivity index (χ0) is 11.1. The molecule has 4 nitrogen and oxygen atoms in total. The molecule has 4 heteroatoms. The second kappa shape index (κ2) is 3.51. The van der Waals surface area contributed by atoms with Gasteiger partial charge in [0.05, 0.1) is 0 Å². The summed E-state index contributed by atoms with van der Waals surface area (Å²) in [5.74, 6) is 0.0252. The molecule has 0 aromatic rings. The molecule has 2 rings (SSSR count). The molecule has 84 valence electrons. The van der Waals surface area contributed by atoms with Crippen molar-refractivity contribution < 1.29 is 9.59 Å². The van der Waals surface area contributed by atoms with Gasteiger partial charge in [0.25, 0.3) is 5.91 Å². The highest BCUT2D eigenvalue weighted by molar-refractivity contribution is 6.06. The number of carbonyl (C=O) groups excluding carboxylic acids is 2. The first-order chi connectivity index (χ1) is 7.13. The highest BCUT2D eigenvalue weighted by Gasteiger charge is 2.54. The Morgan fingerprint density at radius 3 is 2.27 bits per heavy atom. The maximum absolute atomic E-state index is 12.2. The lowest BCUT2D eigenvalue weighted by Gasteiger charge is -2.35. The molecule has 0 aromatic heterocycles. The Balaban J connectivity index is 2.32. The zero-order valence-electron chi connectivity index (χ0n) is 9.45. The molecule has 15 heavy (non-hydrogen) atoms. The van der Waals surface area contributed by atoms with Gasteiger partial charge < -0.3 is 4.90 Å². The van der Waals surface area contributed by atoms with E-state index in [4.69, 9.17) is 0 Å². The lowest BCUT2D eigenvalue weighted by Crippen LogP contribution is -2.49. The van der Waals surface area contributed by atoms with Crippen molar-refractivity contribution in [1.82, 2.24) is 9.80 Å². The maximum Gasteiger partial charge on any atom is 0.327 e. The third-order valence-corrected chi connectivity index (χ3v) is 3.80. The van der Waals surface area contributed by atoms with Crippen molar-refractivity contribution in [2.24, 2.45) is 0 Å². The van der Waals surface area contributed by atoms with Gasteiger partial charge in [-0.3, -0.25) is 9.69 Å². The van der Waals surface area contributed by atoms with Gasteiger partial charge in [-0.05, 0) is 19.8 Å². The standard InChI is InChI=1S/C11H18N2O2/c1-3-13-9(14)11(12(2)10(13)15)7-5-4-6-8-11/h3-8H2,1-2H3. The molecule has 1 aliphatic carbocycles. The van der Waals surface area contributed by atoms with Crippen LogP contribution in [0.1, 0.15) is 39.0 Å². The van der Waals surface area contributed by atoms with Gasteiger partial charge in [0.15, 0.2) is 0 Å². The van der Waals surface area contributed by atoms with Crippen LogP contribution in [0.3, 0.4) is 0 Å². The Kier molecular flexibility index (Phi) is 2.44. The average molecular weight is 210 g/mol. The van der Waals surface area contributed by atoms with Crippen LogP contribution in [0, 0.1) is 0 Å². The second-order valence-electron chi connectivity index (χ2n) is 4.48. The van der Waals surface area contributed by atoms with Gasteiger partial charge in [-0.2, -0.15) is 0 Å². The Hall–Kier alpha value is -1.06. The normalized spacial score (nSPS) is 25.5. The summed E-state index contributed by atoms with van der Waals surface area (Å²) in [6.45, 7) is 2.34. The molecule has 0 radical (unpaired) electrons. The van der Waals surface area contributed by atoms with Crippen LogP contribution in [0.4, 0.5) is 4.79 Å². The summed E-state index contributed by atoms with van der Waals surface area (Å²) in [6, 6.07) is -0.121. The predicted octanol–water partition coefficient (Wildman–Crippen LogP) is 1.60. The molecule has 2 aliphatic rings. The van der Waals surface area contributed by atoms with Crippen LogP contribution < -0.4 is 0 Å². The van der Waals surface area contributed by atoms with Gasteiger partial charge in [0, 0.05) is 13.6 Å². The third kappa shape index (κ3) is 1.27. The first kappa shape index (κ1) is 10.5. The number of urea groups is 1. The summed E-state index contributed by atoms with van der Waals surface area (Å²) >= 11 is 0. The predicted molar refractivity (Wildman–Crippen MR) is 56.4 cm³/mol. The Morgan fingerprint density at radius 2 is 1.80 bits per heavy atom. The zero-order valence-corrected chi connectivity index (χ0v) is 9.45. The Labute approximate surface area is 90.2 Å². The smallest absolute Gasteiger partial charge is 0.313 e. The number of amides is 3. The Bertz CT molecular complexity index is 295. The van der Waals surface area contributed by atoms with Crippen LogP contribution in [0.15, 0.2) is 0 Å². The number of hydrogen-bond donors (Lipinski definition) is 0. The molecule has 1 saturated carbocycles. The minimum Gasteiger partial charge on any atom is -0.313 e. The molecular formula is C11H18N2O2. The first-order valence-corrected chi connectivity index (χ1v) is 5.73. The molecule has 0 atom stereocenters. The molecule has 0 N–H and O–H groups in total. The molecule has 1 spiro atoms. The fourth-order valence-corrected chi connectivity index (χ4v) is 2.81. The fraction of sp³-hybridized carbons (Fsp3) is 0.818. The first-order valence-electron chi connectivity index (χ1n) is 5.73. The van der Waals surface area contributed by atoms with Gasteiger partial charge in [-0.15, -0.1) is 0 Å². The summed E-state index contributed by atoms with van der Waals surface area (Å²) in [5, 5.41) is 0. The highest BCUT2D eigenvalue weighted by Crippen LogP contribution is 2.39. The number of carbonyl (C=O) groups is 2. The minimum absolute atomic E-state index is 0.0252. The van der Waals surface area contributed by atoms with Crippen molar-refractivity contribution in [1.29, 1.82) is 0 Å². The topological polar surface area (TPSA) is 40.6 Å². The monoisotopic (exact) mass is 210 g/mol. The van der Waals surface area contributed by atoms with E-state index in [1.165, 1.54) is 11.3 Å². The molecule has 0 unspecified atom stereocenters. The molecular weight excluding hydrogens is 192 g/mol. The van der Waals surface area contributed by atoms with Gasteiger partial charge in [-0.1, -0.05) is 19.3 Å². The van der Waals surface area contributed by atoms with Crippen LogP contribution in [0.5, 0.6) is 0 Å². The SMILES string of the molecule is CCN1C(=O)N(C)C2(CCCCC2)C1=O. The maximum atomic E-state index is 12.2. The van der Waals surface area contributed by atoms with Crippen LogP contribution in [-0.4, -0.2) is 40.9 Å². The molecule has 0 bridgehead atoms. The molecule has 1 aliphatic heterocycles. The lowest BCUT2D eigenvalue weighted by atomic mass is 9.81. The van der Waals surface area contributed by atoms with Gasteiger partial charge in [0.2, 0.25) is 0 Å². The van der Waals surface area contributed by atoms with Crippen molar-refractivity contribution in [3.05, 3.63) is 0 Å². The second-order valence-corrected chi connectivity index (χ2v) is 4.48. The molecule has 1 heterocycles. The summed E-state index contributed by atoms with van der Waals surface area (Å²) in [6.07, 6.45) is 4.97. The van der Waals surface area contributed by atoms with Crippen molar-refractivity contribution in [3.8, 4) is 0 Å². The summed E-state index contributed by atoms with van der Waals surface area (Å²) in [7, 11) is 1.77. The summed E-state index contributed by atoms with van der Waals surface area (Å²) in [5.41, 5.74) is -0.495. The van der Waals surface area contributed by atoms with E-state index in [0.29, 0.717) is 6.54 Å². The summed E-state index contributed by atoms with van der Waals surface area (Å²) in [4.78, 5) is 27.1. The van der Waals surface area contributed by atoms with E-state index in [0.717, 1.165) is 25.7 Å². The third-order valence-electron chi connectivity index (χ3n) is 3.80. The minimum atomic E-state index is -0.495. The van der Waals surface area contributed by atoms with E-state index in [1.807, 2.05) is 6.92 Å². The summed E-state index contributed by atoms with van der Waals surface area (Å²) < 4.78 is 0. The van der Waals surface area contributed by atoms with Gasteiger partial charge in [-0.25, -0.2) is 4.79 Å². The number of nitrogens with zero attached hydrogens (tertiary/aromatic N) is 2. The largest absolute Gasteiger partial charge is 0.327 e. The van der Waals surface area contributed by atoms with E-state index >= 15 is 0 Å². The lowest BCUT2D eigenvalue weighted by molar-refractivity contribution is -0.134. The van der Waals surface area contributed by atoms with Gasteiger partial charge in [0.1, 0.15) is 5.54 Å².